The Labute approximate surface area is 159 Å². The average molecular weight is 365 g/mol. The number of hydrogen-bond acceptors (Lipinski definition) is 3. The zero-order valence-corrected chi connectivity index (χ0v) is 16.4. The molecule has 4 heteroatoms. The fraction of sp³-hybridized carbons (Fsp3) is 0.565. The number of benzene rings is 1. The molecule has 0 spiro atoms. The van der Waals surface area contributed by atoms with Crippen molar-refractivity contribution >= 4 is 22.6 Å². The second-order valence-corrected chi connectivity index (χ2v) is 10.3. The molecule has 2 unspecified atom stereocenters. The molecule has 4 fully saturated rings. The van der Waals surface area contributed by atoms with E-state index in [2.05, 4.69) is 19.2 Å². The van der Waals surface area contributed by atoms with Gasteiger partial charge in [-0.05, 0) is 79.9 Å². The minimum atomic E-state index is -0.356. The molecule has 6 rings (SSSR count). The summed E-state index contributed by atoms with van der Waals surface area (Å²) < 4.78 is 5.34. The lowest BCUT2D eigenvalue weighted by Gasteiger charge is -2.64. The normalized spacial score (nSPS) is 36.9. The Morgan fingerprint density at radius 2 is 1.78 bits per heavy atom. The molecule has 4 saturated carbocycles. The Morgan fingerprint density at radius 3 is 2.44 bits per heavy atom. The Balaban J connectivity index is 1.47. The highest BCUT2D eigenvalue weighted by atomic mass is 16.4. The molecule has 1 amide bonds. The molecule has 1 aromatic heterocycles. The Kier molecular flexibility index (Phi) is 3.31. The standard InChI is InChI=1S/C23H27NO3/c1-14-6-19(25)27-18-7-16(4-5-17(14)18)24-20(26)23-10-15-8-21(2,12-23)11-22(3,9-15)13-23/h4-7,15H,8-13H2,1-3H3,(H,24,26)/t15?,21-,22+,23?. The summed E-state index contributed by atoms with van der Waals surface area (Å²) in [5.74, 6) is 0.831. The fourth-order valence-corrected chi connectivity index (χ4v) is 7.37. The minimum Gasteiger partial charge on any atom is -0.423 e. The van der Waals surface area contributed by atoms with Crippen LogP contribution >= 0.6 is 0 Å². The van der Waals surface area contributed by atoms with Crippen molar-refractivity contribution < 1.29 is 9.21 Å². The number of hydrogen-bond donors (Lipinski definition) is 1. The second-order valence-electron chi connectivity index (χ2n) is 10.3. The smallest absolute Gasteiger partial charge is 0.336 e. The predicted octanol–water partition coefficient (Wildman–Crippen LogP) is 5.04. The van der Waals surface area contributed by atoms with Gasteiger partial charge in [0.05, 0.1) is 5.41 Å². The lowest BCUT2D eigenvalue weighted by atomic mass is 9.40. The summed E-state index contributed by atoms with van der Waals surface area (Å²) in [6.07, 6.45) is 6.83. The van der Waals surface area contributed by atoms with Crippen molar-refractivity contribution in [2.45, 2.75) is 59.3 Å². The lowest BCUT2D eigenvalue weighted by molar-refractivity contribution is -0.165. The van der Waals surface area contributed by atoms with Crippen LogP contribution in [0.2, 0.25) is 0 Å². The van der Waals surface area contributed by atoms with E-state index in [0.717, 1.165) is 30.2 Å². The highest BCUT2D eigenvalue weighted by molar-refractivity contribution is 5.97. The van der Waals surface area contributed by atoms with Gasteiger partial charge in [0.1, 0.15) is 5.58 Å². The van der Waals surface area contributed by atoms with Crippen molar-refractivity contribution in [2.75, 3.05) is 5.32 Å². The number of fused-ring (bicyclic) bond motifs is 1. The maximum Gasteiger partial charge on any atom is 0.336 e. The number of nitrogens with one attached hydrogen (secondary N) is 1. The summed E-state index contributed by atoms with van der Waals surface area (Å²) in [5, 5.41) is 4.07. The monoisotopic (exact) mass is 365 g/mol. The third-order valence-electron chi connectivity index (χ3n) is 7.32. The van der Waals surface area contributed by atoms with Gasteiger partial charge >= 0.3 is 5.63 Å². The number of rotatable bonds is 2. The second kappa shape index (κ2) is 5.24. The number of carbonyl (C=O) groups is 1. The van der Waals surface area contributed by atoms with E-state index in [1.54, 1.807) is 6.07 Å². The van der Waals surface area contributed by atoms with Crippen LogP contribution < -0.4 is 10.9 Å². The van der Waals surface area contributed by atoms with E-state index in [4.69, 9.17) is 4.42 Å². The van der Waals surface area contributed by atoms with Gasteiger partial charge in [0.15, 0.2) is 0 Å². The first-order chi connectivity index (χ1) is 12.7. The van der Waals surface area contributed by atoms with Gasteiger partial charge < -0.3 is 9.73 Å². The zero-order chi connectivity index (χ0) is 19.0. The molecule has 4 bridgehead atoms. The van der Waals surface area contributed by atoms with Crippen molar-refractivity contribution in [3.8, 4) is 0 Å². The number of aryl methyl sites for hydroxylation is 1. The summed E-state index contributed by atoms with van der Waals surface area (Å²) >= 11 is 0. The van der Waals surface area contributed by atoms with Gasteiger partial charge in [-0.3, -0.25) is 4.79 Å². The summed E-state index contributed by atoms with van der Waals surface area (Å²) in [7, 11) is 0. The lowest BCUT2D eigenvalue weighted by Crippen LogP contribution is -2.58. The van der Waals surface area contributed by atoms with Crippen LogP contribution in [0.3, 0.4) is 0 Å². The maximum absolute atomic E-state index is 13.4. The molecule has 27 heavy (non-hydrogen) atoms. The molecular weight excluding hydrogens is 338 g/mol. The van der Waals surface area contributed by atoms with E-state index >= 15 is 0 Å². The first-order valence-electron chi connectivity index (χ1n) is 10.0. The van der Waals surface area contributed by atoms with Gasteiger partial charge in [-0.15, -0.1) is 0 Å². The largest absolute Gasteiger partial charge is 0.423 e. The van der Waals surface area contributed by atoms with Gasteiger partial charge in [0.25, 0.3) is 0 Å². The van der Waals surface area contributed by atoms with Gasteiger partial charge in [-0.2, -0.15) is 0 Å². The van der Waals surface area contributed by atoms with E-state index in [9.17, 15) is 9.59 Å². The molecular formula is C23H27NO3. The van der Waals surface area contributed by atoms with Gasteiger partial charge in [0, 0.05) is 23.2 Å². The van der Waals surface area contributed by atoms with E-state index in [1.807, 2.05) is 19.1 Å². The Bertz CT molecular complexity index is 1000. The van der Waals surface area contributed by atoms with Gasteiger partial charge in [-0.25, -0.2) is 4.79 Å². The number of amides is 1. The summed E-state index contributed by atoms with van der Waals surface area (Å²) in [6.45, 7) is 6.66. The van der Waals surface area contributed by atoms with Crippen LogP contribution in [0.15, 0.2) is 33.5 Å². The third-order valence-corrected chi connectivity index (χ3v) is 7.32. The Morgan fingerprint density at radius 1 is 1.07 bits per heavy atom. The highest BCUT2D eigenvalue weighted by Crippen LogP contribution is 2.69. The minimum absolute atomic E-state index is 0.151. The molecule has 2 aromatic rings. The van der Waals surface area contributed by atoms with Crippen LogP contribution in [-0.4, -0.2) is 5.91 Å². The van der Waals surface area contributed by atoms with Crippen LogP contribution in [0, 0.1) is 29.1 Å². The maximum atomic E-state index is 13.4. The van der Waals surface area contributed by atoms with Crippen molar-refractivity contribution in [3.05, 3.63) is 40.2 Å². The first kappa shape index (κ1) is 17.0. The zero-order valence-electron chi connectivity index (χ0n) is 16.4. The highest BCUT2D eigenvalue weighted by Gasteiger charge is 2.62. The van der Waals surface area contributed by atoms with Crippen LogP contribution in [0.25, 0.3) is 11.0 Å². The molecule has 0 aliphatic heterocycles. The first-order valence-corrected chi connectivity index (χ1v) is 10.0. The summed E-state index contributed by atoms with van der Waals surface area (Å²) in [4.78, 5) is 25.1. The van der Waals surface area contributed by atoms with Crippen molar-refractivity contribution in [1.82, 2.24) is 0 Å². The number of carbonyl (C=O) groups excluding carboxylic acids is 1. The van der Waals surface area contributed by atoms with Crippen LogP contribution in [0.4, 0.5) is 5.69 Å². The van der Waals surface area contributed by atoms with Crippen LogP contribution in [-0.2, 0) is 4.79 Å². The summed E-state index contributed by atoms with van der Waals surface area (Å²) in [5.41, 5.74) is 2.14. The summed E-state index contributed by atoms with van der Waals surface area (Å²) in [6, 6.07) is 7.12. The molecule has 4 nitrogen and oxygen atoms in total. The van der Waals surface area contributed by atoms with E-state index < -0.39 is 0 Å². The molecule has 4 aliphatic rings. The average Bonchev–Trinajstić information content (AvgIpc) is 2.50. The molecule has 1 aromatic carbocycles. The molecule has 0 saturated heterocycles. The van der Waals surface area contributed by atoms with E-state index in [0.29, 0.717) is 28.0 Å². The quantitative estimate of drug-likeness (QED) is 0.759. The predicted molar refractivity (Wildman–Crippen MR) is 106 cm³/mol. The van der Waals surface area contributed by atoms with Crippen molar-refractivity contribution in [2.24, 2.45) is 22.2 Å². The van der Waals surface area contributed by atoms with E-state index in [1.165, 1.54) is 25.3 Å². The topological polar surface area (TPSA) is 59.3 Å². The molecule has 142 valence electrons. The Hall–Kier alpha value is -2.10. The SMILES string of the molecule is Cc1cc(=O)oc2cc(NC(=O)C34CC5C[C@@](C)(C3)C[C@](C)(C5)C4)ccc12. The molecule has 1 N–H and O–H groups in total. The van der Waals surface area contributed by atoms with Crippen LogP contribution in [0.5, 0.6) is 0 Å². The van der Waals surface area contributed by atoms with Crippen molar-refractivity contribution in [1.29, 1.82) is 0 Å². The molecule has 0 radical (unpaired) electrons. The fourth-order valence-electron chi connectivity index (χ4n) is 7.37. The molecule has 4 aliphatic carbocycles. The number of anilines is 1. The molecule has 4 atom stereocenters. The van der Waals surface area contributed by atoms with Crippen molar-refractivity contribution in [3.63, 3.8) is 0 Å². The molecule has 1 heterocycles. The van der Waals surface area contributed by atoms with E-state index in [-0.39, 0.29) is 16.9 Å². The van der Waals surface area contributed by atoms with Gasteiger partial charge in [-0.1, -0.05) is 13.8 Å². The van der Waals surface area contributed by atoms with Crippen LogP contribution in [0.1, 0.15) is 57.9 Å². The van der Waals surface area contributed by atoms with Gasteiger partial charge in [0.2, 0.25) is 5.91 Å². The third kappa shape index (κ3) is 2.64.